The highest BCUT2D eigenvalue weighted by molar-refractivity contribution is 7.80. The predicted molar refractivity (Wildman–Crippen MR) is 105 cm³/mol. The lowest BCUT2D eigenvalue weighted by molar-refractivity contribution is -0.385. The molecule has 0 amide bonds. The predicted octanol–water partition coefficient (Wildman–Crippen LogP) is 4.84. The third-order valence-electron chi connectivity index (χ3n) is 3.81. The molecular weight excluding hydrogens is 338 g/mol. The Morgan fingerprint density at radius 2 is 1.84 bits per heavy atom. The van der Waals surface area contributed by atoms with Gasteiger partial charge in [-0.05, 0) is 48.3 Å². The molecule has 25 heavy (non-hydrogen) atoms. The van der Waals surface area contributed by atoms with Crippen LogP contribution in [-0.4, -0.2) is 17.1 Å². The molecular formula is C18H21N3O3S. The Morgan fingerprint density at radius 3 is 2.36 bits per heavy atom. The van der Waals surface area contributed by atoms with Crippen LogP contribution in [0, 0.1) is 17.0 Å². The van der Waals surface area contributed by atoms with Crippen molar-refractivity contribution in [3.63, 3.8) is 0 Å². The number of nitrogens with zero attached hydrogens (tertiary/aromatic N) is 1. The fourth-order valence-electron chi connectivity index (χ4n) is 2.35. The Morgan fingerprint density at radius 1 is 1.20 bits per heavy atom. The summed E-state index contributed by atoms with van der Waals surface area (Å²) in [6.07, 6.45) is 0. The Kier molecular flexibility index (Phi) is 5.93. The number of hydrogen-bond acceptors (Lipinski definition) is 4. The first kappa shape index (κ1) is 18.7. The van der Waals surface area contributed by atoms with E-state index in [-0.39, 0.29) is 11.4 Å². The molecule has 0 aliphatic rings. The maximum atomic E-state index is 11.0. The van der Waals surface area contributed by atoms with Gasteiger partial charge in [-0.25, -0.2) is 0 Å². The second-order valence-corrected chi connectivity index (χ2v) is 6.36. The summed E-state index contributed by atoms with van der Waals surface area (Å²) in [5, 5.41) is 17.6. The fraction of sp³-hybridized carbons (Fsp3) is 0.278. The third-order valence-corrected chi connectivity index (χ3v) is 4.01. The first-order valence-electron chi connectivity index (χ1n) is 7.82. The largest absolute Gasteiger partial charge is 0.490 e. The molecule has 2 N–H and O–H groups in total. The normalized spacial score (nSPS) is 10.4. The quantitative estimate of drug-likeness (QED) is 0.452. The van der Waals surface area contributed by atoms with E-state index in [2.05, 4.69) is 36.6 Å². The summed E-state index contributed by atoms with van der Waals surface area (Å²) in [6, 6.07) is 11.1. The number of thiocarbonyl (C=S) groups is 1. The molecule has 0 aliphatic carbocycles. The van der Waals surface area contributed by atoms with E-state index in [9.17, 15) is 10.1 Å². The molecule has 2 aromatic carbocycles. The van der Waals surface area contributed by atoms with Gasteiger partial charge in [-0.15, -0.1) is 0 Å². The standard InChI is InChI=1S/C18H21N3O3S/c1-11(2)13-5-7-14(8-6-13)19-18(25)20-15-10-17(24-4)16(21(22)23)9-12(15)3/h5-11H,1-4H3,(H2,19,20,25). The van der Waals surface area contributed by atoms with E-state index in [0.717, 1.165) is 5.69 Å². The second kappa shape index (κ2) is 7.94. The maximum Gasteiger partial charge on any atom is 0.311 e. The van der Waals surface area contributed by atoms with Crippen LogP contribution in [0.15, 0.2) is 36.4 Å². The van der Waals surface area contributed by atoms with Gasteiger partial charge in [0.25, 0.3) is 0 Å². The van der Waals surface area contributed by atoms with Crippen molar-refractivity contribution >= 4 is 34.4 Å². The molecule has 132 valence electrons. The second-order valence-electron chi connectivity index (χ2n) is 5.95. The number of nitrogens with one attached hydrogen (secondary N) is 2. The molecule has 0 atom stereocenters. The highest BCUT2D eigenvalue weighted by atomic mass is 32.1. The topological polar surface area (TPSA) is 76.4 Å². The number of anilines is 2. The van der Waals surface area contributed by atoms with Gasteiger partial charge in [0.2, 0.25) is 0 Å². The van der Waals surface area contributed by atoms with Crippen molar-refractivity contribution in [3.05, 3.63) is 57.6 Å². The molecule has 2 aromatic rings. The summed E-state index contributed by atoms with van der Waals surface area (Å²) in [4.78, 5) is 10.6. The zero-order valence-electron chi connectivity index (χ0n) is 14.6. The zero-order chi connectivity index (χ0) is 18.6. The number of methoxy groups -OCH3 is 1. The van der Waals surface area contributed by atoms with E-state index in [1.54, 1.807) is 13.0 Å². The monoisotopic (exact) mass is 359 g/mol. The third kappa shape index (κ3) is 4.67. The number of aryl methyl sites for hydroxylation is 1. The molecule has 0 bridgehead atoms. The molecule has 0 spiro atoms. The van der Waals surface area contributed by atoms with E-state index in [1.807, 2.05) is 12.1 Å². The van der Waals surface area contributed by atoms with Crippen LogP contribution in [0.3, 0.4) is 0 Å². The van der Waals surface area contributed by atoms with Crippen LogP contribution in [0.5, 0.6) is 5.75 Å². The van der Waals surface area contributed by atoms with Crippen molar-refractivity contribution in [1.82, 2.24) is 0 Å². The number of ether oxygens (including phenoxy) is 1. The minimum atomic E-state index is -0.470. The van der Waals surface area contributed by atoms with Crippen molar-refractivity contribution in [2.45, 2.75) is 26.7 Å². The SMILES string of the molecule is COc1cc(NC(=S)Nc2ccc(C(C)C)cc2)c(C)cc1[N+](=O)[O-]. The molecule has 0 heterocycles. The van der Waals surface area contributed by atoms with Crippen LogP contribution in [0.2, 0.25) is 0 Å². The molecule has 0 aliphatic heterocycles. The Labute approximate surface area is 152 Å². The summed E-state index contributed by atoms with van der Waals surface area (Å²) in [6.45, 7) is 6.05. The van der Waals surface area contributed by atoms with Gasteiger partial charge in [0, 0.05) is 23.5 Å². The first-order valence-corrected chi connectivity index (χ1v) is 8.23. The van der Waals surface area contributed by atoms with Gasteiger partial charge in [-0.2, -0.15) is 0 Å². The molecule has 0 saturated carbocycles. The molecule has 0 radical (unpaired) electrons. The summed E-state index contributed by atoms with van der Waals surface area (Å²) in [5.41, 5.74) is 3.40. The van der Waals surface area contributed by atoms with E-state index in [1.165, 1.54) is 18.7 Å². The summed E-state index contributed by atoms with van der Waals surface area (Å²) in [5.74, 6) is 0.650. The van der Waals surface area contributed by atoms with E-state index in [4.69, 9.17) is 17.0 Å². The van der Waals surface area contributed by atoms with Gasteiger partial charge in [0.15, 0.2) is 10.9 Å². The molecule has 0 aromatic heterocycles. The summed E-state index contributed by atoms with van der Waals surface area (Å²) < 4.78 is 5.09. The van der Waals surface area contributed by atoms with Gasteiger partial charge >= 0.3 is 5.69 Å². The fourth-order valence-corrected chi connectivity index (χ4v) is 2.58. The van der Waals surface area contributed by atoms with E-state index >= 15 is 0 Å². The van der Waals surface area contributed by atoms with E-state index < -0.39 is 4.92 Å². The average Bonchev–Trinajstić information content (AvgIpc) is 2.56. The molecule has 0 saturated heterocycles. The highest BCUT2D eigenvalue weighted by Gasteiger charge is 2.17. The number of nitro groups is 1. The minimum Gasteiger partial charge on any atom is -0.490 e. The number of hydrogen-bond donors (Lipinski definition) is 2. The number of nitro benzene ring substituents is 1. The zero-order valence-corrected chi connectivity index (χ0v) is 15.4. The summed E-state index contributed by atoms with van der Waals surface area (Å²) in [7, 11) is 1.40. The van der Waals surface area contributed by atoms with Crippen molar-refractivity contribution in [3.8, 4) is 5.75 Å². The van der Waals surface area contributed by atoms with Crippen molar-refractivity contribution in [2.75, 3.05) is 17.7 Å². The van der Waals surface area contributed by atoms with Crippen LogP contribution < -0.4 is 15.4 Å². The maximum absolute atomic E-state index is 11.0. The minimum absolute atomic E-state index is 0.0753. The van der Waals surface area contributed by atoms with Crippen LogP contribution in [-0.2, 0) is 0 Å². The Hall–Kier alpha value is -2.67. The Balaban J connectivity index is 2.13. The smallest absolute Gasteiger partial charge is 0.311 e. The van der Waals surface area contributed by atoms with Gasteiger partial charge < -0.3 is 15.4 Å². The molecule has 0 fully saturated rings. The van der Waals surface area contributed by atoms with Gasteiger partial charge in [0.05, 0.1) is 12.0 Å². The highest BCUT2D eigenvalue weighted by Crippen LogP contribution is 2.32. The lowest BCUT2D eigenvalue weighted by atomic mass is 10.0. The number of rotatable bonds is 5. The molecule has 6 nitrogen and oxygen atoms in total. The average molecular weight is 359 g/mol. The van der Waals surface area contributed by atoms with Crippen LogP contribution in [0.4, 0.5) is 17.1 Å². The van der Waals surface area contributed by atoms with Gasteiger partial charge in [-0.3, -0.25) is 10.1 Å². The molecule has 2 rings (SSSR count). The number of benzene rings is 2. The lowest BCUT2D eigenvalue weighted by Gasteiger charge is -2.14. The molecule has 7 heteroatoms. The van der Waals surface area contributed by atoms with Gasteiger partial charge in [0.1, 0.15) is 0 Å². The van der Waals surface area contributed by atoms with E-state index in [0.29, 0.717) is 22.3 Å². The van der Waals surface area contributed by atoms with Crippen LogP contribution in [0.25, 0.3) is 0 Å². The molecule has 0 unspecified atom stereocenters. The van der Waals surface area contributed by atoms with Crippen LogP contribution in [0.1, 0.15) is 30.9 Å². The summed E-state index contributed by atoms with van der Waals surface area (Å²) >= 11 is 5.33. The van der Waals surface area contributed by atoms with Crippen molar-refractivity contribution < 1.29 is 9.66 Å². The Bertz CT molecular complexity index is 789. The first-order chi connectivity index (χ1) is 11.8. The van der Waals surface area contributed by atoms with Crippen LogP contribution >= 0.6 is 12.2 Å². The lowest BCUT2D eigenvalue weighted by Crippen LogP contribution is -2.19. The van der Waals surface area contributed by atoms with Gasteiger partial charge in [-0.1, -0.05) is 26.0 Å². The van der Waals surface area contributed by atoms with Crippen molar-refractivity contribution in [1.29, 1.82) is 0 Å². The van der Waals surface area contributed by atoms with Crippen molar-refractivity contribution in [2.24, 2.45) is 0 Å².